The van der Waals surface area contributed by atoms with Gasteiger partial charge in [-0.1, -0.05) is 30.3 Å². The highest BCUT2D eigenvalue weighted by Crippen LogP contribution is 2.61. The Kier molecular flexibility index (Phi) is 7.83. The molecule has 1 atom stereocenters. The van der Waals surface area contributed by atoms with Crippen molar-refractivity contribution in [3.8, 4) is 0 Å². The van der Waals surface area contributed by atoms with E-state index in [-0.39, 0.29) is 17.3 Å². The van der Waals surface area contributed by atoms with Crippen molar-refractivity contribution in [2.45, 2.75) is 82.5 Å². The molecule has 0 spiro atoms. The number of hydrogen-bond donors (Lipinski definition) is 1. The van der Waals surface area contributed by atoms with Gasteiger partial charge in [-0.3, -0.25) is 0 Å². The minimum Gasteiger partial charge on any atom is -0.324 e. The lowest BCUT2D eigenvalue weighted by atomic mass is 9.48. The monoisotopic (exact) mass is 557 g/mol. The van der Waals surface area contributed by atoms with Crippen LogP contribution in [0.15, 0.2) is 48.5 Å². The summed E-state index contributed by atoms with van der Waals surface area (Å²) >= 11 is 0. The molecule has 41 heavy (non-hydrogen) atoms. The molecule has 2 aromatic carbocycles. The fourth-order valence-electron chi connectivity index (χ4n) is 9.91. The van der Waals surface area contributed by atoms with Crippen molar-refractivity contribution < 1.29 is 9.18 Å². The molecule has 8 rings (SSSR count). The zero-order valence-electron chi connectivity index (χ0n) is 24.7. The summed E-state index contributed by atoms with van der Waals surface area (Å²) in [7, 11) is 0. The summed E-state index contributed by atoms with van der Waals surface area (Å²) < 4.78 is 13.2. The van der Waals surface area contributed by atoms with Crippen molar-refractivity contribution in [2.75, 3.05) is 38.0 Å². The van der Waals surface area contributed by atoms with Gasteiger partial charge < -0.3 is 15.1 Å². The van der Waals surface area contributed by atoms with Crippen molar-refractivity contribution in [3.63, 3.8) is 0 Å². The molecule has 5 heteroatoms. The Morgan fingerprint density at radius 2 is 1.54 bits per heavy atom. The van der Waals surface area contributed by atoms with Gasteiger partial charge in [-0.2, -0.15) is 0 Å². The Labute approximate surface area is 246 Å². The van der Waals surface area contributed by atoms with E-state index in [9.17, 15) is 9.18 Å². The van der Waals surface area contributed by atoms with Crippen LogP contribution in [0.3, 0.4) is 0 Å². The minimum absolute atomic E-state index is 0.105. The van der Waals surface area contributed by atoms with E-state index in [2.05, 4.69) is 39.4 Å². The van der Waals surface area contributed by atoms with Crippen molar-refractivity contribution in [2.24, 2.45) is 29.6 Å². The highest BCUT2D eigenvalue weighted by Gasteiger charge is 2.52. The van der Waals surface area contributed by atoms with Crippen LogP contribution in [0.5, 0.6) is 0 Å². The molecule has 0 radical (unpaired) electrons. The van der Waals surface area contributed by atoms with Gasteiger partial charge in [-0.15, -0.1) is 0 Å². The molecule has 2 aliphatic heterocycles. The van der Waals surface area contributed by atoms with Gasteiger partial charge in [0, 0.05) is 18.8 Å². The number of amides is 2. The molecule has 4 bridgehead atoms. The zero-order chi connectivity index (χ0) is 27.8. The summed E-state index contributed by atoms with van der Waals surface area (Å²) in [5.41, 5.74) is 4.04. The largest absolute Gasteiger partial charge is 0.324 e. The molecular weight excluding hydrogens is 509 g/mol. The quantitative estimate of drug-likeness (QED) is 0.376. The number of carbonyl (C=O) groups is 1. The fraction of sp³-hybridized carbons (Fsp3) is 0.639. The first-order valence-electron chi connectivity index (χ1n) is 16.6. The van der Waals surface area contributed by atoms with E-state index < -0.39 is 0 Å². The molecule has 2 saturated heterocycles. The molecule has 220 valence electrons. The van der Waals surface area contributed by atoms with Gasteiger partial charge in [-0.05, 0) is 161 Å². The number of anilines is 1. The van der Waals surface area contributed by atoms with Crippen LogP contribution in [0.4, 0.5) is 14.9 Å². The number of benzene rings is 2. The van der Waals surface area contributed by atoms with Crippen molar-refractivity contribution in [1.82, 2.24) is 9.80 Å². The first-order valence-corrected chi connectivity index (χ1v) is 16.6. The molecule has 6 aliphatic rings. The smallest absolute Gasteiger partial charge is 0.321 e. The topological polar surface area (TPSA) is 35.6 Å². The zero-order valence-corrected chi connectivity index (χ0v) is 24.7. The van der Waals surface area contributed by atoms with Crippen LogP contribution in [-0.4, -0.2) is 48.6 Å². The van der Waals surface area contributed by atoms with E-state index in [0.717, 1.165) is 69.0 Å². The van der Waals surface area contributed by atoms with Crippen molar-refractivity contribution in [3.05, 3.63) is 65.5 Å². The van der Waals surface area contributed by atoms with Gasteiger partial charge in [0.2, 0.25) is 0 Å². The number of piperidine rings is 2. The van der Waals surface area contributed by atoms with Gasteiger partial charge in [-0.25, -0.2) is 9.18 Å². The second-order valence-electron chi connectivity index (χ2n) is 14.5. The van der Waals surface area contributed by atoms with Crippen molar-refractivity contribution in [1.29, 1.82) is 0 Å². The average Bonchev–Trinajstić information content (AvgIpc) is 2.98. The maximum Gasteiger partial charge on any atom is 0.321 e. The van der Waals surface area contributed by atoms with Crippen LogP contribution in [0.25, 0.3) is 0 Å². The van der Waals surface area contributed by atoms with Gasteiger partial charge in [0.05, 0.1) is 0 Å². The molecule has 2 amide bonds. The molecule has 2 heterocycles. The number of para-hydroxylation sites is 1. The number of likely N-dealkylation sites (tertiary alicyclic amines) is 2. The predicted octanol–water partition coefficient (Wildman–Crippen LogP) is 7.88. The van der Waals surface area contributed by atoms with Gasteiger partial charge in [0.15, 0.2) is 0 Å². The highest BCUT2D eigenvalue weighted by molar-refractivity contribution is 5.90. The lowest BCUT2D eigenvalue weighted by molar-refractivity contribution is -0.00485. The first-order chi connectivity index (χ1) is 20.0. The van der Waals surface area contributed by atoms with Crippen molar-refractivity contribution >= 4 is 11.7 Å². The summed E-state index contributed by atoms with van der Waals surface area (Å²) in [6.07, 6.45) is 15.3. The third-order valence-electron chi connectivity index (χ3n) is 11.6. The Bertz CT molecular complexity index is 1170. The number of carbonyl (C=O) groups excluding carboxylic acids is 1. The van der Waals surface area contributed by atoms with E-state index in [1.807, 2.05) is 12.1 Å². The van der Waals surface area contributed by atoms with E-state index in [1.165, 1.54) is 75.3 Å². The number of nitrogens with one attached hydrogen (secondary N) is 1. The third-order valence-corrected chi connectivity index (χ3v) is 11.6. The van der Waals surface area contributed by atoms with E-state index in [0.29, 0.717) is 11.8 Å². The number of hydrogen-bond acceptors (Lipinski definition) is 2. The van der Waals surface area contributed by atoms with E-state index in [1.54, 1.807) is 12.1 Å². The van der Waals surface area contributed by atoms with E-state index in [4.69, 9.17) is 0 Å². The Hall–Kier alpha value is -2.40. The second-order valence-corrected chi connectivity index (χ2v) is 14.5. The molecule has 0 aromatic heterocycles. The molecule has 1 unspecified atom stereocenters. The van der Waals surface area contributed by atoms with Gasteiger partial charge >= 0.3 is 6.03 Å². The average molecular weight is 558 g/mol. The number of urea groups is 1. The molecule has 2 aromatic rings. The van der Waals surface area contributed by atoms with Crippen LogP contribution in [0.1, 0.15) is 81.8 Å². The summed E-state index contributed by atoms with van der Waals surface area (Å²) in [5, 5.41) is 3.41. The standard InChI is InChI=1S/C36H48FN3O/c37-32-9-7-26(8-10-32)18-27-11-15-39(16-12-27)17-13-28-4-3-14-40(25-28)35(41)38-34-6-2-1-5-33(34)36-22-29-19-30(23-36)21-31(20-29)24-36/h1-2,5-10,27-31H,3-4,11-25H2,(H,38,41). The SMILES string of the molecule is O=C(Nc1ccccc1C12CC3CC(CC(C3)C1)C2)N1CCCC(CCN2CCC(Cc3ccc(F)cc3)CC2)C1. The fourth-order valence-corrected chi connectivity index (χ4v) is 9.91. The summed E-state index contributed by atoms with van der Waals surface area (Å²) in [6.45, 7) is 5.20. The maximum absolute atomic E-state index is 13.6. The third kappa shape index (κ3) is 6.07. The Morgan fingerprint density at radius 1 is 0.854 bits per heavy atom. The summed E-state index contributed by atoms with van der Waals surface area (Å²) in [5.74, 6) is 3.83. The lowest BCUT2D eigenvalue weighted by Gasteiger charge is -2.57. The maximum atomic E-state index is 13.6. The van der Waals surface area contributed by atoms with Crippen LogP contribution >= 0.6 is 0 Å². The van der Waals surface area contributed by atoms with Gasteiger partial charge in [0.1, 0.15) is 5.82 Å². The van der Waals surface area contributed by atoms with Crippen LogP contribution in [-0.2, 0) is 11.8 Å². The summed E-state index contributed by atoms with van der Waals surface area (Å²) in [4.78, 5) is 18.3. The highest BCUT2D eigenvalue weighted by atomic mass is 19.1. The molecule has 4 nitrogen and oxygen atoms in total. The Morgan fingerprint density at radius 3 is 2.24 bits per heavy atom. The molecular formula is C36H48FN3O. The summed E-state index contributed by atoms with van der Waals surface area (Å²) in [6, 6.07) is 15.9. The minimum atomic E-state index is -0.148. The molecule has 4 saturated carbocycles. The Balaban J connectivity index is 0.903. The van der Waals surface area contributed by atoms with E-state index >= 15 is 0 Å². The normalized spacial score (nSPS) is 31.9. The second kappa shape index (κ2) is 11.7. The predicted molar refractivity (Wildman–Crippen MR) is 163 cm³/mol. The van der Waals surface area contributed by atoms with Crippen LogP contribution in [0.2, 0.25) is 0 Å². The first kappa shape index (κ1) is 27.4. The van der Waals surface area contributed by atoms with Crippen LogP contribution < -0.4 is 5.32 Å². The van der Waals surface area contributed by atoms with Crippen LogP contribution in [0, 0.1) is 35.4 Å². The molecule has 6 fully saturated rings. The molecule has 4 aliphatic carbocycles. The number of rotatable bonds is 7. The van der Waals surface area contributed by atoms with Gasteiger partial charge in [0.25, 0.3) is 0 Å². The molecule has 1 N–H and O–H groups in total. The lowest BCUT2D eigenvalue weighted by Crippen LogP contribution is -2.49. The number of nitrogens with zero attached hydrogens (tertiary/aromatic N) is 2. The number of halogens is 1.